The maximum atomic E-state index is 13.8. The molecule has 1 atom stereocenters. The zero-order valence-corrected chi connectivity index (χ0v) is 23.6. The maximum absolute atomic E-state index is 13.8. The van der Waals surface area contributed by atoms with Crippen molar-refractivity contribution in [3.63, 3.8) is 0 Å². The van der Waals surface area contributed by atoms with E-state index in [0.29, 0.717) is 22.0 Å². The molecule has 11 heteroatoms. The highest BCUT2D eigenvalue weighted by Gasteiger charge is 2.33. The Morgan fingerprint density at radius 1 is 1.12 bits per heavy atom. The third-order valence-electron chi connectivity index (χ3n) is 7.10. The summed E-state index contributed by atoms with van der Waals surface area (Å²) < 4.78 is 44.2. The number of aromatic nitrogens is 1. The molecule has 0 spiro atoms. The second-order valence-electron chi connectivity index (χ2n) is 9.92. The van der Waals surface area contributed by atoms with Gasteiger partial charge >= 0.3 is 12.3 Å². The van der Waals surface area contributed by atoms with Crippen LogP contribution in [-0.2, 0) is 4.79 Å². The zero-order chi connectivity index (χ0) is 28.9. The van der Waals surface area contributed by atoms with Crippen LogP contribution in [0.25, 0.3) is 10.9 Å². The molecular formula is C29H31BrF3N3O4. The van der Waals surface area contributed by atoms with Crippen LogP contribution < -0.4 is 15.0 Å². The largest absolute Gasteiger partial charge is 0.573 e. The summed E-state index contributed by atoms with van der Waals surface area (Å²) >= 11 is 3.47. The van der Waals surface area contributed by atoms with E-state index in [4.69, 9.17) is 4.98 Å². The summed E-state index contributed by atoms with van der Waals surface area (Å²) in [6.45, 7) is 3.45. The molecule has 3 aromatic rings. The van der Waals surface area contributed by atoms with Crippen LogP contribution in [0.4, 0.5) is 19.0 Å². The summed E-state index contributed by atoms with van der Waals surface area (Å²) in [6.07, 6.45) is -0.849. The second kappa shape index (κ2) is 12.9. The number of para-hydroxylation sites is 1. The van der Waals surface area contributed by atoms with Crippen LogP contribution in [0.2, 0.25) is 0 Å². The first kappa shape index (κ1) is 29.6. The van der Waals surface area contributed by atoms with Crippen LogP contribution in [0.3, 0.4) is 0 Å². The standard InChI is InChI=1S/C29H31BrF3N3O4/c1-18-26(22-16-20(30)11-12-23(22)35-27(18)36-14-6-2-3-7-15-36)28(39)34-17-19(10-13-25(37)38)21-8-4-5-9-24(21)40-29(31,32)33/h4-5,8-9,11-12,16,19H,2-3,6-7,10,13-15,17H2,1H3,(H,34,39)(H,37,38)/t19-/m0/s1. The van der Waals surface area contributed by atoms with Gasteiger partial charge in [-0.15, -0.1) is 13.2 Å². The number of nitrogens with zero attached hydrogens (tertiary/aromatic N) is 2. The Bertz CT molecular complexity index is 1370. The molecule has 0 unspecified atom stereocenters. The van der Waals surface area contributed by atoms with Crippen molar-refractivity contribution in [1.82, 2.24) is 10.3 Å². The maximum Gasteiger partial charge on any atom is 0.573 e. The number of rotatable bonds is 9. The van der Waals surface area contributed by atoms with E-state index in [9.17, 15) is 27.9 Å². The van der Waals surface area contributed by atoms with E-state index in [1.54, 1.807) is 6.07 Å². The molecule has 0 saturated carbocycles. The summed E-state index contributed by atoms with van der Waals surface area (Å²) in [5, 5.41) is 12.8. The number of halogens is 4. The summed E-state index contributed by atoms with van der Waals surface area (Å²) in [6, 6.07) is 11.1. The van der Waals surface area contributed by atoms with Crippen molar-refractivity contribution < 1.29 is 32.6 Å². The van der Waals surface area contributed by atoms with Gasteiger partial charge in [-0.05, 0) is 56.0 Å². The van der Waals surface area contributed by atoms with Crippen molar-refractivity contribution in [2.75, 3.05) is 24.5 Å². The number of carbonyl (C=O) groups excluding carboxylic acids is 1. The Morgan fingerprint density at radius 3 is 2.50 bits per heavy atom. The Kier molecular flexibility index (Phi) is 9.55. The molecule has 1 aliphatic heterocycles. The van der Waals surface area contributed by atoms with Gasteiger partial charge in [0.2, 0.25) is 0 Å². The lowest BCUT2D eigenvalue weighted by molar-refractivity contribution is -0.275. The number of anilines is 1. The number of amides is 1. The van der Waals surface area contributed by atoms with Crippen LogP contribution in [-0.4, -0.2) is 48.0 Å². The third-order valence-corrected chi connectivity index (χ3v) is 7.59. The smallest absolute Gasteiger partial charge is 0.481 e. The monoisotopic (exact) mass is 621 g/mol. The molecule has 1 saturated heterocycles. The fraction of sp³-hybridized carbons (Fsp3) is 0.414. The molecule has 2 N–H and O–H groups in total. The van der Waals surface area contributed by atoms with Crippen LogP contribution in [0.5, 0.6) is 5.75 Å². The Hall–Kier alpha value is -3.34. The number of hydrogen-bond donors (Lipinski definition) is 2. The SMILES string of the molecule is Cc1c(N2CCCCCC2)nc2ccc(Br)cc2c1C(=O)NC[C@H](CCC(=O)O)c1ccccc1OC(F)(F)F. The lowest BCUT2D eigenvalue weighted by atomic mass is 9.93. The number of pyridine rings is 1. The Balaban J connectivity index is 1.68. The highest BCUT2D eigenvalue weighted by atomic mass is 79.9. The number of aliphatic carboxylic acids is 1. The summed E-state index contributed by atoms with van der Waals surface area (Å²) in [5.74, 6) is -1.91. The molecule has 4 rings (SSSR count). The molecule has 1 aromatic heterocycles. The minimum atomic E-state index is -4.92. The Morgan fingerprint density at radius 2 is 1.82 bits per heavy atom. The van der Waals surface area contributed by atoms with E-state index in [-0.39, 0.29) is 24.9 Å². The number of hydrogen-bond acceptors (Lipinski definition) is 5. The molecule has 214 valence electrons. The van der Waals surface area contributed by atoms with Gasteiger partial charge in [-0.1, -0.05) is 47.0 Å². The van der Waals surface area contributed by atoms with Gasteiger partial charge < -0.3 is 20.1 Å². The molecule has 40 heavy (non-hydrogen) atoms. The number of fused-ring (bicyclic) bond motifs is 1. The molecular weight excluding hydrogens is 591 g/mol. The number of nitrogens with one attached hydrogen (secondary N) is 1. The first-order chi connectivity index (χ1) is 19.0. The average molecular weight is 622 g/mol. The number of carbonyl (C=O) groups is 2. The molecule has 0 bridgehead atoms. The van der Waals surface area contributed by atoms with Gasteiger partial charge in [0.25, 0.3) is 5.91 Å². The van der Waals surface area contributed by atoms with E-state index in [1.807, 2.05) is 25.1 Å². The van der Waals surface area contributed by atoms with E-state index < -0.39 is 29.9 Å². The number of alkyl halides is 3. The fourth-order valence-electron chi connectivity index (χ4n) is 5.21. The lowest BCUT2D eigenvalue weighted by Gasteiger charge is -2.26. The number of carboxylic acid groups (broad SMARTS) is 1. The summed E-state index contributed by atoms with van der Waals surface area (Å²) in [7, 11) is 0. The number of ether oxygens (including phenoxy) is 1. The first-order valence-corrected chi connectivity index (χ1v) is 14.0. The Labute approximate surface area is 238 Å². The number of carboxylic acids is 1. The first-order valence-electron chi connectivity index (χ1n) is 13.2. The summed E-state index contributed by atoms with van der Waals surface area (Å²) in [5.41, 5.74) is 1.98. The van der Waals surface area contributed by atoms with Crippen molar-refractivity contribution >= 4 is 44.5 Å². The van der Waals surface area contributed by atoms with Crippen molar-refractivity contribution in [1.29, 1.82) is 0 Å². The predicted molar refractivity (Wildman–Crippen MR) is 150 cm³/mol. The highest BCUT2D eigenvalue weighted by molar-refractivity contribution is 9.10. The number of benzene rings is 2. The van der Waals surface area contributed by atoms with Crippen LogP contribution in [0.1, 0.15) is 65.9 Å². The van der Waals surface area contributed by atoms with Crippen LogP contribution in [0.15, 0.2) is 46.9 Å². The van der Waals surface area contributed by atoms with Crippen molar-refractivity contribution in [2.24, 2.45) is 0 Å². The van der Waals surface area contributed by atoms with E-state index >= 15 is 0 Å². The normalized spacial score (nSPS) is 15.0. The topological polar surface area (TPSA) is 91.8 Å². The average Bonchev–Trinajstić information content (AvgIpc) is 3.17. The minimum absolute atomic E-state index is 0.00843. The summed E-state index contributed by atoms with van der Waals surface area (Å²) in [4.78, 5) is 32.2. The van der Waals surface area contributed by atoms with Gasteiger partial charge in [0.1, 0.15) is 11.6 Å². The minimum Gasteiger partial charge on any atom is -0.481 e. The van der Waals surface area contributed by atoms with Crippen LogP contribution >= 0.6 is 15.9 Å². The van der Waals surface area contributed by atoms with Crippen molar-refractivity contribution in [3.8, 4) is 5.75 Å². The third kappa shape index (κ3) is 7.44. The molecule has 7 nitrogen and oxygen atoms in total. The molecule has 2 aromatic carbocycles. The molecule has 1 aliphatic rings. The van der Waals surface area contributed by atoms with E-state index in [2.05, 4.69) is 30.9 Å². The predicted octanol–water partition coefficient (Wildman–Crippen LogP) is 6.96. The molecule has 1 fully saturated rings. The fourth-order valence-corrected chi connectivity index (χ4v) is 5.57. The van der Waals surface area contributed by atoms with Gasteiger partial charge in [-0.25, -0.2) is 4.98 Å². The second-order valence-corrected chi connectivity index (χ2v) is 10.8. The van der Waals surface area contributed by atoms with Gasteiger partial charge in [0.15, 0.2) is 0 Å². The van der Waals surface area contributed by atoms with Gasteiger partial charge in [0.05, 0.1) is 11.1 Å². The molecule has 2 heterocycles. The molecule has 0 aliphatic carbocycles. The van der Waals surface area contributed by atoms with Gasteiger partial charge in [-0.3, -0.25) is 9.59 Å². The van der Waals surface area contributed by atoms with Crippen molar-refractivity contribution in [2.45, 2.75) is 57.7 Å². The van der Waals surface area contributed by atoms with Gasteiger partial charge in [0, 0.05) is 47.4 Å². The van der Waals surface area contributed by atoms with Crippen LogP contribution in [0, 0.1) is 6.92 Å². The molecule has 1 amide bonds. The van der Waals surface area contributed by atoms with E-state index in [0.717, 1.165) is 49.1 Å². The zero-order valence-electron chi connectivity index (χ0n) is 22.1. The quantitative estimate of drug-likeness (QED) is 0.268. The highest BCUT2D eigenvalue weighted by Crippen LogP contribution is 2.35. The van der Waals surface area contributed by atoms with Gasteiger partial charge in [-0.2, -0.15) is 0 Å². The van der Waals surface area contributed by atoms with E-state index in [1.165, 1.54) is 18.2 Å². The molecule has 0 radical (unpaired) electrons. The van der Waals surface area contributed by atoms with Crippen molar-refractivity contribution in [3.05, 3.63) is 63.6 Å². The lowest BCUT2D eigenvalue weighted by Crippen LogP contribution is -2.31.